The van der Waals surface area contributed by atoms with Crippen LogP contribution in [0.2, 0.25) is 0 Å². The summed E-state index contributed by atoms with van der Waals surface area (Å²) in [5.41, 5.74) is 0.0861. The van der Waals surface area contributed by atoms with E-state index in [0.717, 1.165) is 19.5 Å². The van der Waals surface area contributed by atoms with Crippen LogP contribution in [0.1, 0.15) is 19.3 Å². The molecule has 1 aromatic rings. The number of hydrogen-bond acceptors (Lipinski definition) is 2. The van der Waals surface area contributed by atoms with Crippen molar-refractivity contribution in [2.45, 2.75) is 31.8 Å². The third-order valence-corrected chi connectivity index (χ3v) is 2.90. The van der Waals surface area contributed by atoms with Gasteiger partial charge in [0.1, 0.15) is 0 Å². The SMILES string of the molecule is Cn1ccn(CCC2CCCN2)c1=O. The normalized spacial score (nSPS) is 21.6. The van der Waals surface area contributed by atoms with Crippen LogP contribution in [-0.4, -0.2) is 21.7 Å². The predicted molar refractivity (Wildman–Crippen MR) is 55.3 cm³/mol. The smallest absolute Gasteiger partial charge is 0.314 e. The fraction of sp³-hybridized carbons (Fsp3) is 0.700. The van der Waals surface area contributed by atoms with E-state index in [2.05, 4.69) is 5.32 Å². The zero-order chi connectivity index (χ0) is 9.97. The Morgan fingerprint density at radius 3 is 3.00 bits per heavy atom. The molecule has 1 fully saturated rings. The Hall–Kier alpha value is -1.03. The molecule has 14 heavy (non-hydrogen) atoms. The average Bonchev–Trinajstić information content (AvgIpc) is 2.77. The number of nitrogens with zero attached hydrogens (tertiary/aromatic N) is 2. The molecule has 1 aromatic heterocycles. The van der Waals surface area contributed by atoms with Crippen LogP contribution in [0, 0.1) is 0 Å². The Balaban J connectivity index is 1.91. The standard InChI is InChI=1S/C10H17N3O/c1-12-7-8-13(10(12)14)6-4-9-3-2-5-11-9/h7-9,11H,2-6H2,1H3. The van der Waals surface area contributed by atoms with Crippen molar-refractivity contribution >= 4 is 0 Å². The van der Waals surface area contributed by atoms with Gasteiger partial charge in [-0.1, -0.05) is 0 Å². The van der Waals surface area contributed by atoms with Crippen LogP contribution < -0.4 is 11.0 Å². The highest BCUT2D eigenvalue weighted by Crippen LogP contribution is 2.08. The molecule has 1 atom stereocenters. The van der Waals surface area contributed by atoms with Gasteiger partial charge in [-0.2, -0.15) is 0 Å². The minimum Gasteiger partial charge on any atom is -0.314 e. The third kappa shape index (κ3) is 1.90. The van der Waals surface area contributed by atoms with Crippen molar-refractivity contribution in [2.24, 2.45) is 7.05 Å². The van der Waals surface area contributed by atoms with Crippen molar-refractivity contribution in [1.82, 2.24) is 14.5 Å². The quantitative estimate of drug-likeness (QED) is 0.755. The highest BCUT2D eigenvalue weighted by atomic mass is 16.1. The molecule has 0 bridgehead atoms. The summed E-state index contributed by atoms with van der Waals surface area (Å²) >= 11 is 0. The summed E-state index contributed by atoms with van der Waals surface area (Å²) in [5.74, 6) is 0. The summed E-state index contributed by atoms with van der Waals surface area (Å²) < 4.78 is 3.39. The Bertz CT molecular complexity index is 346. The summed E-state index contributed by atoms with van der Waals surface area (Å²) in [6.45, 7) is 1.96. The molecular formula is C10H17N3O. The largest absolute Gasteiger partial charge is 0.327 e. The molecule has 2 heterocycles. The molecule has 0 spiro atoms. The Kier molecular flexibility index (Phi) is 2.72. The lowest BCUT2D eigenvalue weighted by Crippen LogP contribution is -2.27. The molecule has 1 unspecified atom stereocenters. The summed E-state index contributed by atoms with van der Waals surface area (Å²) in [6.07, 6.45) is 7.25. The van der Waals surface area contributed by atoms with E-state index >= 15 is 0 Å². The van der Waals surface area contributed by atoms with Crippen LogP contribution in [0.5, 0.6) is 0 Å². The predicted octanol–water partition coefficient (Wildman–Crippen LogP) is 0.329. The molecule has 1 saturated heterocycles. The van der Waals surface area contributed by atoms with Gasteiger partial charge < -0.3 is 9.88 Å². The van der Waals surface area contributed by atoms with Crippen molar-refractivity contribution in [3.05, 3.63) is 22.9 Å². The van der Waals surface area contributed by atoms with Crippen molar-refractivity contribution in [3.8, 4) is 0 Å². The first-order valence-corrected chi connectivity index (χ1v) is 5.22. The molecule has 78 valence electrons. The van der Waals surface area contributed by atoms with E-state index in [1.807, 2.05) is 12.4 Å². The van der Waals surface area contributed by atoms with Crippen LogP contribution in [0.4, 0.5) is 0 Å². The Morgan fingerprint density at radius 2 is 2.43 bits per heavy atom. The number of aryl methyl sites for hydroxylation is 2. The van der Waals surface area contributed by atoms with Crippen molar-refractivity contribution in [1.29, 1.82) is 0 Å². The van der Waals surface area contributed by atoms with Crippen LogP contribution in [0.3, 0.4) is 0 Å². The monoisotopic (exact) mass is 195 g/mol. The van der Waals surface area contributed by atoms with E-state index < -0.39 is 0 Å². The lowest BCUT2D eigenvalue weighted by molar-refractivity contribution is 0.495. The fourth-order valence-corrected chi connectivity index (χ4v) is 1.98. The summed E-state index contributed by atoms with van der Waals surface area (Å²) in [7, 11) is 1.78. The van der Waals surface area contributed by atoms with Crippen molar-refractivity contribution < 1.29 is 0 Å². The van der Waals surface area contributed by atoms with E-state index in [1.54, 1.807) is 16.2 Å². The molecule has 1 aliphatic rings. The van der Waals surface area contributed by atoms with Gasteiger partial charge in [0.2, 0.25) is 0 Å². The third-order valence-electron chi connectivity index (χ3n) is 2.90. The first-order valence-electron chi connectivity index (χ1n) is 5.22. The molecule has 2 rings (SSSR count). The molecule has 0 aromatic carbocycles. The van der Waals surface area contributed by atoms with Gasteiger partial charge >= 0.3 is 5.69 Å². The van der Waals surface area contributed by atoms with E-state index in [9.17, 15) is 4.79 Å². The van der Waals surface area contributed by atoms with Gasteiger partial charge in [0.15, 0.2) is 0 Å². The fourth-order valence-electron chi connectivity index (χ4n) is 1.98. The van der Waals surface area contributed by atoms with Crippen molar-refractivity contribution in [2.75, 3.05) is 6.54 Å². The van der Waals surface area contributed by atoms with E-state index in [-0.39, 0.29) is 5.69 Å². The number of rotatable bonds is 3. The minimum absolute atomic E-state index is 0.0861. The maximum atomic E-state index is 11.5. The number of hydrogen-bond donors (Lipinski definition) is 1. The van der Waals surface area contributed by atoms with Crippen LogP contribution in [-0.2, 0) is 13.6 Å². The van der Waals surface area contributed by atoms with Gasteiger partial charge in [-0.05, 0) is 25.8 Å². The summed E-state index contributed by atoms with van der Waals surface area (Å²) in [6, 6.07) is 0.613. The van der Waals surface area contributed by atoms with Crippen LogP contribution >= 0.6 is 0 Å². The van der Waals surface area contributed by atoms with Gasteiger partial charge in [-0.25, -0.2) is 4.79 Å². The highest BCUT2D eigenvalue weighted by Gasteiger charge is 2.13. The molecule has 1 aliphatic heterocycles. The van der Waals surface area contributed by atoms with Crippen LogP contribution in [0.25, 0.3) is 0 Å². The Morgan fingerprint density at radius 1 is 1.57 bits per heavy atom. The maximum Gasteiger partial charge on any atom is 0.327 e. The lowest BCUT2D eigenvalue weighted by Gasteiger charge is -2.09. The molecule has 0 amide bonds. The number of aromatic nitrogens is 2. The van der Waals surface area contributed by atoms with Gasteiger partial charge in [-0.3, -0.25) is 4.57 Å². The topological polar surface area (TPSA) is 39.0 Å². The number of imidazole rings is 1. The first-order chi connectivity index (χ1) is 6.77. The molecule has 0 radical (unpaired) electrons. The zero-order valence-electron chi connectivity index (χ0n) is 8.57. The van der Waals surface area contributed by atoms with E-state index in [4.69, 9.17) is 0 Å². The lowest BCUT2D eigenvalue weighted by atomic mass is 10.1. The first kappa shape index (κ1) is 9.52. The highest BCUT2D eigenvalue weighted by molar-refractivity contribution is 4.81. The molecule has 4 heteroatoms. The minimum atomic E-state index is 0.0861. The summed E-state index contributed by atoms with van der Waals surface area (Å²) in [5, 5.41) is 3.43. The second-order valence-corrected chi connectivity index (χ2v) is 3.97. The zero-order valence-corrected chi connectivity index (χ0v) is 8.57. The van der Waals surface area contributed by atoms with Gasteiger partial charge in [0, 0.05) is 32.0 Å². The summed E-state index contributed by atoms with van der Waals surface area (Å²) in [4.78, 5) is 11.5. The Labute approximate surface area is 83.5 Å². The van der Waals surface area contributed by atoms with Gasteiger partial charge in [0.05, 0.1) is 0 Å². The maximum absolute atomic E-state index is 11.5. The second kappa shape index (κ2) is 4.00. The van der Waals surface area contributed by atoms with Crippen molar-refractivity contribution in [3.63, 3.8) is 0 Å². The molecular weight excluding hydrogens is 178 g/mol. The van der Waals surface area contributed by atoms with Gasteiger partial charge in [0.25, 0.3) is 0 Å². The van der Waals surface area contributed by atoms with Crippen LogP contribution in [0.15, 0.2) is 17.2 Å². The molecule has 4 nitrogen and oxygen atoms in total. The molecule has 1 N–H and O–H groups in total. The molecule has 0 aliphatic carbocycles. The number of nitrogens with one attached hydrogen (secondary N) is 1. The van der Waals surface area contributed by atoms with E-state index in [1.165, 1.54) is 12.8 Å². The second-order valence-electron chi connectivity index (χ2n) is 3.97. The van der Waals surface area contributed by atoms with E-state index in [0.29, 0.717) is 6.04 Å². The average molecular weight is 195 g/mol. The van der Waals surface area contributed by atoms with Gasteiger partial charge in [-0.15, -0.1) is 0 Å². The molecule has 0 saturated carbocycles.